The first-order chi connectivity index (χ1) is 8.01. The summed E-state index contributed by atoms with van der Waals surface area (Å²) in [5.74, 6) is 2.03. The molecule has 0 spiro atoms. The molecule has 2 nitrogen and oxygen atoms in total. The van der Waals surface area contributed by atoms with E-state index in [0.717, 1.165) is 12.3 Å². The first-order valence-electron chi connectivity index (χ1n) is 6.34. The van der Waals surface area contributed by atoms with Gasteiger partial charge >= 0.3 is 0 Å². The molecule has 0 fully saturated rings. The first-order valence-corrected chi connectivity index (χ1v) is 6.34. The first kappa shape index (κ1) is 14.0. The fourth-order valence-corrected chi connectivity index (χ4v) is 2.29. The van der Waals surface area contributed by atoms with Gasteiger partial charge in [0.1, 0.15) is 5.75 Å². The van der Waals surface area contributed by atoms with Gasteiger partial charge in [-0.05, 0) is 48.6 Å². The molecule has 96 valence electrons. The van der Waals surface area contributed by atoms with Crippen molar-refractivity contribution in [3.8, 4) is 5.75 Å². The van der Waals surface area contributed by atoms with Gasteiger partial charge in [0.05, 0.1) is 7.11 Å². The third-order valence-corrected chi connectivity index (χ3v) is 3.28. The van der Waals surface area contributed by atoms with Gasteiger partial charge in [-0.2, -0.15) is 0 Å². The number of aryl methyl sites for hydroxylation is 1. The predicted molar refractivity (Wildman–Crippen MR) is 74.2 cm³/mol. The lowest BCUT2D eigenvalue weighted by molar-refractivity contribution is 0.407. The third-order valence-electron chi connectivity index (χ3n) is 3.28. The van der Waals surface area contributed by atoms with Crippen molar-refractivity contribution >= 4 is 0 Å². The lowest BCUT2D eigenvalue weighted by Crippen LogP contribution is -2.16. The highest BCUT2D eigenvalue weighted by atomic mass is 16.5. The molecule has 1 unspecified atom stereocenters. The molecule has 1 aromatic rings. The highest BCUT2D eigenvalue weighted by molar-refractivity contribution is 5.45. The average Bonchev–Trinajstić information content (AvgIpc) is 2.28. The molecule has 1 rings (SSSR count). The molecule has 0 bridgehead atoms. The Hall–Kier alpha value is -1.02. The number of hydrogen-bond donors (Lipinski definition) is 1. The van der Waals surface area contributed by atoms with Crippen LogP contribution in [0.25, 0.3) is 0 Å². The van der Waals surface area contributed by atoms with Gasteiger partial charge in [-0.3, -0.25) is 0 Å². The maximum Gasteiger partial charge on any atom is 0.122 e. The van der Waals surface area contributed by atoms with Gasteiger partial charge in [0, 0.05) is 6.54 Å². The molecular formula is C15H25NO. The van der Waals surface area contributed by atoms with Gasteiger partial charge in [-0.1, -0.05) is 26.8 Å². The van der Waals surface area contributed by atoms with Crippen molar-refractivity contribution < 1.29 is 4.74 Å². The minimum Gasteiger partial charge on any atom is -0.496 e. The van der Waals surface area contributed by atoms with Gasteiger partial charge in [0.2, 0.25) is 0 Å². The zero-order valence-electron chi connectivity index (χ0n) is 11.9. The summed E-state index contributed by atoms with van der Waals surface area (Å²) in [6.45, 7) is 9.84. The number of nitrogens with one attached hydrogen (secondary N) is 1. The second-order valence-corrected chi connectivity index (χ2v) is 5.06. The Kier molecular flexibility index (Phi) is 5.01. The molecule has 0 saturated heterocycles. The van der Waals surface area contributed by atoms with Crippen molar-refractivity contribution in [1.29, 1.82) is 0 Å². The molecule has 17 heavy (non-hydrogen) atoms. The molecule has 0 aliphatic heterocycles. The fourth-order valence-electron chi connectivity index (χ4n) is 2.29. The van der Waals surface area contributed by atoms with Crippen LogP contribution in [-0.2, 0) is 0 Å². The Morgan fingerprint density at radius 1 is 1.18 bits per heavy atom. The number of hydrogen-bond acceptors (Lipinski definition) is 2. The highest BCUT2D eigenvalue weighted by Crippen LogP contribution is 2.32. The highest BCUT2D eigenvalue weighted by Gasteiger charge is 2.14. The number of benzene rings is 1. The van der Waals surface area contributed by atoms with Crippen LogP contribution in [-0.4, -0.2) is 20.7 Å². The number of methoxy groups -OCH3 is 1. The molecule has 0 aliphatic carbocycles. The van der Waals surface area contributed by atoms with Crippen molar-refractivity contribution in [1.82, 2.24) is 5.32 Å². The smallest absolute Gasteiger partial charge is 0.122 e. The Morgan fingerprint density at radius 3 is 2.29 bits per heavy atom. The maximum absolute atomic E-state index is 5.47. The molecule has 0 heterocycles. The van der Waals surface area contributed by atoms with Crippen LogP contribution in [0.15, 0.2) is 12.1 Å². The normalized spacial score (nSPS) is 12.9. The fraction of sp³-hybridized carbons (Fsp3) is 0.600. The molecule has 0 amide bonds. The van der Waals surface area contributed by atoms with Crippen LogP contribution in [0.5, 0.6) is 5.75 Å². The Morgan fingerprint density at radius 2 is 1.82 bits per heavy atom. The summed E-state index contributed by atoms with van der Waals surface area (Å²) in [5, 5.41) is 3.24. The number of ether oxygens (including phenoxy) is 1. The summed E-state index contributed by atoms with van der Waals surface area (Å²) < 4.78 is 5.47. The van der Waals surface area contributed by atoms with Crippen LogP contribution in [0.1, 0.15) is 49.3 Å². The maximum atomic E-state index is 5.47. The minimum atomic E-state index is 0.492. The van der Waals surface area contributed by atoms with Gasteiger partial charge in [0.25, 0.3) is 0 Å². The van der Waals surface area contributed by atoms with Gasteiger partial charge in [-0.15, -0.1) is 0 Å². The topological polar surface area (TPSA) is 21.3 Å². The summed E-state index contributed by atoms with van der Waals surface area (Å²) in [4.78, 5) is 0. The Labute approximate surface area is 105 Å². The minimum absolute atomic E-state index is 0.492. The van der Waals surface area contributed by atoms with E-state index in [0.29, 0.717) is 11.8 Å². The van der Waals surface area contributed by atoms with E-state index in [9.17, 15) is 0 Å². The SMILES string of the molecule is CNCC(C)c1cc(C(C)C)c(OC)cc1C. The predicted octanol–water partition coefficient (Wildman–Crippen LogP) is 3.45. The second kappa shape index (κ2) is 6.06. The summed E-state index contributed by atoms with van der Waals surface area (Å²) in [7, 11) is 3.75. The van der Waals surface area contributed by atoms with Crippen LogP contribution in [0.3, 0.4) is 0 Å². The molecule has 1 aromatic carbocycles. The Balaban J connectivity index is 3.19. The van der Waals surface area contributed by atoms with Crippen LogP contribution in [0, 0.1) is 6.92 Å². The van der Waals surface area contributed by atoms with Crippen LogP contribution < -0.4 is 10.1 Å². The van der Waals surface area contributed by atoms with Crippen molar-refractivity contribution in [3.05, 3.63) is 28.8 Å². The molecule has 1 atom stereocenters. The number of likely N-dealkylation sites (N-methyl/N-ethyl adjacent to an activating group) is 1. The molecule has 0 radical (unpaired) electrons. The van der Waals surface area contributed by atoms with E-state index in [2.05, 4.69) is 45.1 Å². The van der Waals surface area contributed by atoms with Crippen LogP contribution in [0.4, 0.5) is 0 Å². The molecule has 0 aromatic heterocycles. The lowest BCUT2D eigenvalue weighted by atomic mass is 9.90. The van der Waals surface area contributed by atoms with Gasteiger partial charge in [0.15, 0.2) is 0 Å². The molecule has 2 heteroatoms. The quantitative estimate of drug-likeness (QED) is 0.844. The van der Waals surface area contributed by atoms with Gasteiger partial charge < -0.3 is 10.1 Å². The van der Waals surface area contributed by atoms with Crippen molar-refractivity contribution in [3.63, 3.8) is 0 Å². The lowest BCUT2D eigenvalue weighted by Gasteiger charge is -2.20. The van der Waals surface area contributed by atoms with Crippen LogP contribution >= 0.6 is 0 Å². The van der Waals surface area contributed by atoms with E-state index >= 15 is 0 Å². The molecule has 1 N–H and O–H groups in total. The zero-order chi connectivity index (χ0) is 13.0. The van der Waals surface area contributed by atoms with Gasteiger partial charge in [-0.25, -0.2) is 0 Å². The van der Waals surface area contributed by atoms with Crippen molar-refractivity contribution in [2.24, 2.45) is 0 Å². The summed E-state index contributed by atoms with van der Waals surface area (Å²) in [6.07, 6.45) is 0. The van der Waals surface area contributed by atoms with E-state index in [1.54, 1.807) is 7.11 Å². The standard InChI is InChI=1S/C15H25NO/c1-10(2)13-8-14(12(4)9-16-5)11(3)7-15(13)17-6/h7-8,10,12,16H,9H2,1-6H3. The largest absolute Gasteiger partial charge is 0.496 e. The monoisotopic (exact) mass is 235 g/mol. The number of rotatable bonds is 5. The summed E-state index contributed by atoms with van der Waals surface area (Å²) in [5.41, 5.74) is 4.04. The Bertz CT molecular complexity index is 371. The summed E-state index contributed by atoms with van der Waals surface area (Å²) >= 11 is 0. The van der Waals surface area contributed by atoms with E-state index in [-0.39, 0.29) is 0 Å². The molecule has 0 saturated carbocycles. The van der Waals surface area contributed by atoms with E-state index < -0.39 is 0 Å². The molecule has 0 aliphatic rings. The summed E-state index contributed by atoms with van der Waals surface area (Å²) in [6, 6.07) is 4.47. The van der Waals surface area contributed by atoms with Crippen molar-refractivity contribution in [2.75, 3.05) is 20.7 Å². The van der Waals surface area contributed by atoms with E-state index in [1.165, 1.54) is 16.7 Å². The van der Waals surface area contributed by atoms with Crippen LogP contribution in [0.2, 0.25) is 0 Å². The second-order valence-electron chi connectivity index (χ2n) is 5.06. The zero-order valence-corrected chi connectivity index (χ0v) is 11.9. The average molecular weight is 235 g/mol. The third kappa shape index (κ3) is 3.22. The van der Waals surface area contributed by atoms with E-state index in [4.69, 9.17) is 4.74 Å². The van der Waals surface area contributed by atoms with Crippen molar-refractivity contribution in [2.45, 2.75) is 39.5 Å². The molecular weight excluding hydrogens is 210 g/mol. The van der Waals surface area contributed by atoms with E-state index in [1.807, 2.05) is 7.05 Å².